The molecule has 2 fully saturated rings. The number of alkyl halides is 6. The Labute approximate surface area is 289 Å². The summed E-state index contributed by atoms with van der Waals surface area (Å²) in [6, 6.07) is 13.9. The summed E-state index contributed by atoms with van der Waals surface area (Å²) in [5, 5.41) is 10.9. The molecule has 268 valence electrons. The van der Waals surface area contributed by atoms with Gasteiger partial charge >= 0.3 is 18.4 Å². The molecule has 6 rings (SSSR count). The van der Waals surface area contributed by atoms with Crippen molar-refractivity contribution in [2.75, 3.05) is 10.6 Å². The van der Waals surface area contributed by atoms with E-state index in [1.54, 1.807) is 24.3 Å². The molecular weight excluding hydrogens is 687 g/mol. The Hall–Kier alpha value is -3.23. The van der Waals surface area contributed by atoms with Crippen LogP contribution in [0, 0.1) is 0 Å². The predicted molar refractivity (Wildman–Crippen MR) is 187 cm³/mol. The minimum atomic E-state index is -4.33. The minimum Gasteiger partial charge on any atom is -0.444 e. The number of rotatable bonds is 5. The highest BCUT2D eigenvalue weighted by atomic mass is 32.1. The highest BCUT2D eigenvalue weighted by Gasteiger charge is 2.34. The third-order valence-electron chi connectivity index (χ3n) is 8.62. The zero-order valence-corrected chi connectivity index (χ0v) is 29.2. The van der Waals surface area contributed by atoms with Crippen LogP contribution < -0.4 is 21.7 Å². The number of fused-ring (bicyclic) bond motifs is 2. The van der Waals surface area contributed by atoms with Gasteiger partial charge in [0.1, 0.15) is 15.4 Å². The van der Waals surface area contributed by atoms with Gasteiger partial charge in [0.25, 0.3) is 0 Å². The molecule has 0 atom stereocenters. The van der Waals surface area contributed by atoms with Gasteiger partial charge in [0.2, 0.25) is 0 Å². The Kier molecular flexibility index (Phi) is 11.3. The first-order valence-corrected chi connectivity index (χ1v) is 18.1. The molecule has 2 aliphatic rings. The SMILES string of the molecule is CC(C)(C)OC(=O)NC1CCC(Nc2cccc3sc(C(F)(F)F)cc23)CC1.NC1CCC(Nc2cccc3sc(C(F)(F)F)cc23)CC1. The summed E-state index contributed by atoms with van der Waals surface area (Å²) < 4.78 is 84.1. The third kappa shape index (κ3) is 10.2. The summed E-state index contributed by atoms with van der Waals surface area (Å²) in [6.07, 6.45) is -1.91. The smallest absolute Gasteiger partial charge is 0.425 e. The molecule has 2 heterocycles. The lowest BCUT2D eigenvalue weighted by molar-refractivity contribution is -0.135. The van der Waals surface area contributed by atoms with E-state index in [4.69, 9.17) is 10.5 Å². The van der Waals surface area contributed by atoms with E-state index in [0.29, 0.717) is 26.2 Å². The standard InChI is InChI=1S/C20H25F3N2O2S.C15H17F3N2S/c1-19(2,3)27-18(26)25-13-9-7-12(8-10-13)24-15-5-4-6-16-14(15)11-17(28-16)20(21,22)23;16-15(17,18)14-8-11-12(2-1-3-13(11)21-14)20-10-6-4-9(19)5-7-10/h4-6,11-13,24H,7-10H2,1-3H3,(H,25,26);1-3,8-10,20H,4-7,19H2. The van der Waals surface area contributed by atoms with Gasteiger partial charge in [-0.1, -0.05) is 12.1 Å². The summed E-state index contributed by atoms with van der Waals surface area (Å²) in [6.45, 7) is 5.47. The summed E-state index contributed by atoms with van der Waals surface area (Å²) in [5.74, 6) is 0. The van der Waals surface area contributed by atoms with Crippen LogP contribution in [-0.4, -0.2) is 35.9 Å². The second-order valence-corrected chi connectivity index (χ2v) is 15.9. The Morgan fingerprint density at radius 3 is 1.51 bits per heavy atom. The Balaban J connectivity index is 0.000000199. The number of halogens is 6. The Morgan fingerprint density at radius 1 is 0.694 bits per heavy atom. The molecule has 0 bridgehead atoms. The quantitative estimate of drug-likeness (QED) is 0.154. The van der Waals surface area contributed by atoms with Gasteiger partial charge in [0.15, 0.2) is 0 Å². The molecule has 5 N–H and O–H groups in total. The highest BCUT2D eigenvalue weighted by molar-refractivity contribution is 7.19. The number of carbonyl (C=O) groups is 1. The molecule has 2 saturated carbocycles. The topological polar surface area (TPSA) is 88.4 Å². The number of carbonyl (C=O) groups excluding carboxylic acids is 1. The van der Waals surface area contributed by atoms with Gasteiger partial charge < -0.3 is 26.4 Å². The minimum absolute atomic E-state index is 0.0571. The monoisotopic (exact) mass is 728 g/mol. The van der Waals surface area contributed by atoms with Gasteiger partial charge in [-0.15, -0.1) is 22.7 Å². The Morgan fingerprint density at radius 2 is 1.10 bits per heavy atom. The molecule has 0 radical (unpaired) electrons. The normalized spacial score (nSPS) is 21.9. The molecule has 49 heavy (non-hydrogen) atoms. The van der Waals surface area contributed by atoms with Crippen molar-refractivity contribution < 1.29 is 35.9 Å². The van der Waals surface area contributed by atoms with Gasteiger partial charge in [-0.25, -0.2) is 4.79 Å². The number of alkyl carbamates (subject to hydrolysis) is 1. The van der Waals surface area contributed by atoms with E-state index in [9.17, 15) is 31.1 Å². The lowest BCUT2D eigenvalue weighted by Crippen LogP contribution is -2.42. The van der Waals surface area contributed by atoms with Gasteiger partial charge in [-0.05, 0) is 109 Å². The molecule has 2 aromatic carbocycles. The molecule has 4 aromatic rings. The van der Waals surface area contributed by atoms with Crippen LogP contribution in [0.15, 0.2) is 48.5 Å². The maximum absolute atomic E-state index is 13.0. The number of nitrogens with one attached hydrogen (secondary N) is 3. The number of nitrogens with two attached hydrogens (primary N) is 1. The fraction of sp³-hybridized carbons (Fsp3) is 0.514. The number of thiophene rings is 2. The van der Waals surface area contributed by atoms with Gasteiger partial charge in [-0.2, -0.15) is 26.3 Å². The van der Waals surface area contributed by atoms with Crippen molar-refractivity contribution in [3.63, 3.8) is 0 Å². The molecule has 0 spiro atoms. The van der Waals surface area contributed by atoms with E-state index >= 15 is 0 Å². The van der Waals surface area contributed by atoms with Crippen LogP contribution >= 0.6 is 22.7 Å². The molecule has 14 heteroatoms. The third-order valence-corrected chi connectivity index (χ3v) is 10.9. The van der Waals surface area contributed by atoms with Crippen LogP contribution in [-0.2, 0) is 17.1 Å². The van der Waals surface area contributed by atoms with E-state index in [0.717, 1.165) is 85.4 Å². The van der Waals surface area contributed by atoms with Crippen LogP contribution in [0.2, 0.25) is 0 Å². The molecule has 2 aromatic heterocycles. The molecule has 0 unspecified atom stereocenters. The number of benzene rings is 2. The largest absolute Gasteiger partial charge is 0.444 e. The first kappa shape index (κ1) is 37.0. The molecule has 2 aliphatic carbocycles. The maximum Gasteiger partial charge on any atom is 0.425 e. The van der Waals surface area contributed by atoms with Crippen LogP contribution in [0.3, 0.4) is 0 Å². The number of ether oxygens (including phenoxy) is 1. The Bertz CT molecular complexity index is 1710. The second-order valence-electron chi connectivity index (χ2n) is 13.7. The van der Waals surface area contributed by atoms with Crippen molar-refractivity contribution in [3.8, 4) is 0 Å². The van der Waals surface area contributed by atoms with Crippen molar-refractivity contribution in [1.82, 2.24) is 5.32 Å². The molecule has 6 nitrogen and oxygen atoms in total. The fourth-order valence-corrected chi connectivity index (χ4v) is 8.12. The van der Waals surface area contributed by atoms with Crippen LogP contribution in [0.25, 0.3) is 20.2 Å². The first-order chi connectivity index (χ1) is 22.9. The van der Waals surface area contributed by atoms with Crippen LogP contribution in [0.5, 0.6) is 0 Å². The summed E-state index contributed by atoms with van der Waals surface area (Å²) >= 11 is 1.56. The lowest BCUT2D eigenvalue weighted by atomic mass is 9.91. The lowest BCUT2D eigenvalue weighted by Gasteiger charge is -2.31. The van der Waals surface area contributed by atoms with Crippen LogP contribution in [0.4, 0.5) is 42.5 Å². The molecule has 0 aliphatic heterocycles. The van der Waals surface area contributed by atoms with Gasteiger partial charge in [0.05, 0.1) is 0 Å². The number of anilines is 2. The van der Waals surface area contributed by atoms with Crippen molar-refractivity contribution in [2.24, 2.45) is 5.73 Å². The van der Waals surface area contributed by atoms with E-state index < -0.39 is 33.8 Å². The van der Waals surface area contributed by atoms with Gasteiger partial charge in [0, 0.05) is 55.7 Å². The van der Waals surface area contributed by atoms with E-state index in [1.165, 1.54) is 12.1 Å². The van der Waals surface area contributed by atoms with Crippen molar-refractivity contribution in [2.45, 2.75) is 114 Å². The highest BCUT2D eigenvalue weighted by Crippen LogP contribution is 2.42. The van der Waals surface area contributed by atoms with Crippen LogP contribution in [0.1, 0.15) is 81.9 Å². The van der Waals surface area contributed by atoms with E-state index in [2.05, 4.69) is 16.0 Å². The fourth-order valence-electron chi connectivity index (χ4n) is 6.21. The van der Waals surface area contributed by atoms with Gasteiger partial charge in [-0.3, -0.25) is 0 Å². The number of hydrogen-bond donors (Lipinski definition) is 4. The van der Waals surface area contributed by atoms with Crippen molar-refractivity contribution in [3.05, 3.63) is 58.3 Å². The van der Waals surface area contributed by atoms with Crippen molar-refractivity contribution >= 4 is 60.3 Å². The zero-order chi connectivity index (χ0) is 35.6. The molecule has 0 saturated heterocycles. The summed E-state index contributed by atoms with van der Waals surface area (Å²) in [5.41, 5.74) is 6.87. The predicted octanol–water partition coefficient (Wildman–Crippen LogP) is 10.8. The summed E-state index contributed by atoms with van der Waals surface area (Å²) in [4.78, 5) is 10.8. The van der Waals surface area contributed by atoms with E-state index in [-0.39, 0.29) is 18.1 Å². The molecule has 1 amide bonds. The molecular formula is C35H42F6N4O2S2. The maximum atomic E-state index is 13.0. The number of amides is 1. The average molecular weight is 729 g/mol. The zero-order valence-electron chi connectivity index (χ0n) is 27.6. The average Bonchev–Trinajstić information content (AvgIpc) is 3.65. The summed E-state index contributed by atoms with van der Waals surface area (Å²) in [7, 11) is 0. The van der Waals surface area contributed by atoms with Crippen molar-refractivity contribution in [1.29, 1.82) is 0 Å². The number of hydrogen-bond acceptors (Lipinski definition) is 7. The van der Waals surface area contributed by atoms with E-state index in [1.807, 2.05) is 32.9 Å². The first-order valence-electron chi connectivity index (χ1n) is 16.4. The second kappa shape index (κ2) is 14.9.